The van der Waals surface area contributed by atoms with E-state index in [-0.39, 0.29) is 30.5 Å². The van der Waals surface area contributed by atoms with E-state index in [1.807, 2.05) is 41.3 Å². The highest BCUT2D eigenvalue weighted by Crippen LogP contribution is 2.32. The molecule has 41 heavy (non-hydrogen) atoms. The first-order valence-corrected chi connectivity index (χ1v) is 14.4. The number of fused-ring (bicyclic) bond motifs is 4. The molecule has 4 bridgehead atoms. The third-order valence-electron chi connectivity index (χ3n) is 6.90. The number of halogens is 1. The van der Waals surface area contributed by atoms with Crippen LogP contribution in [0.3, 0.4) is 0 Å². The van der Waals surface area contributed by atoms with Crippen LogP contribution in [0.4, 0.5) is 10.3 Å². The summed E-state index contributed by atoms with van der Waals surface area (Å²) in [4.78, 5) is 30.1. The van der Waals surface area contributed by atoms with Crippen LogP contribution in [0.1, 0.15) is 54.2 Å². The molecule has 0 radical (unpaired) electrons. The third-order valence-corrected chi connectivity index (χ3v) is 7.67. The van der Waals surface area contributed by atoms with Gasteiger partial charge in [-0.3, -0.25) is 9.52 Å². The first-order valence-electron chi connectivity index (χ1n) is 13.6. The molecule has 1 N–H and O–H groups in total. The Kier molecular flexibility index (Phi) is 8.26. The Hall–Kier alpha value is -3.98. The van der Waals surface area contributed by atoms with Crippen molar-refractivity contribution in [2.45, 2.75) is 58.5 Å². The van der Waals surface area contributed by atoms with Gasteiger partial charge in [0.15, 0.2) is 0 Å². The summed E-state index contributed by atoms with van der Waals surface area (Å²) < 4.78 is 23.2. The molecular weight excluding hydrogens is 537 g/mol. The summed E-state index contributed by atoms with van der Waals surface area (Å²) >= 11 is 1.33. The highest BCUT2D eigenvalue weighted by molar-refractivity contribution is 8.00. The van der Waals surface area contributed by atoms with E-state index >= 15 is 0 Å². The monoisotopic (exact) mass is 571 g/mol. The molecule has 1 atom stereocenters. The molecule has 1 aliphatic rings. The highest BCUT2D eigenvalue weighted by atomic mass is 32.2. The predicted octanol–water partition coefficient (Wildman–Crippen LogP) is 7.25. The van der Waals surface area contributed by atoms with Gasteiger partial charge in [-0.1, -0.05) is 51.1 Å². The molecule has 7 nitrogen and oxygen atoms in total. The number of aryl methyl sites for hydroxylation is 2. The van der Waals surface area contributed by atoms with Crippen LogP contribution in [0.5, 0.6) is 5.88 Å². The highest BCUT2D eigenvalue weighted by Gasteiger charge is 2.30. The van der Waals surface area contributed by atoms with E-state index < -0.39 is 5.95 Å². The third kappa shape index (κ3) is 7.03. The largest absolute Gasteiger partial charge is 0.475 e. The first kappa shape index (κ1) is 28.5. The number of carbonyl (C=O) groups excluding carboxylic acids is 1. The number of aromatic nitrogens is 3. The SMILES string of the molecule is Cc1cccc(C)c1-c1cc2nc(n1)NSc1cccc(c1)C(=O)N(Cc1ccc(F)nc1)[C@H](CC(C)(C)C)CO2. The Morgan fingerprint density at radius 1 is 1.05 bits per heavy atom. The molecular formula is C32H34FN5O2S. The fourth-order valence-electron chi connectivity index (χ4n) is 5.07. The second-order valence-corrected chi connectivity index (χ2v) is 12.4. The van der Waals surface area contributed by atoms with E-state index in [1.54, 1.807) is 6.07 Å². The lowest BCUT2D eigenvalue weighted by Gasteiger charge is -2.35. The zero-order valence-corrected chi connectivity index (χ0v) is 24.8. The van der Waals surface area contributed by atoms with Gasteiger partial charge in [-0.25, -0.2) is 9.97 Å². The maximum atomic E-state index is 14.1. The van der Waals surface area contributed by atoms with Crippen LogP contribution in [0.15, 0.2) is 71.8 Å². The Morgan fingerprint density at radius 3 is 2.51 bits per heavy atom. The van der Waals surface area contributed by atoms with Crippen LogP contribution >= 0.6 is 11.9 Å². The number of nitrogens with zero attached hydrogens (tertiary/aromatic N) is 4. The molecule has 0 unspecified atom stereocenters. The van der Waals surface area contributed by atoms with Gasteiger partial charge in [0.25, 0.3) is 5.91 Å². The van der Waals surface area contributed by atoms with Crippen LogP contribution < -0.4 is 9.46 Å². The topological polar surface area (TPSA) is 80.2 Å². The minimum Gasteiger partial charge on any atom is -0.475 e. The van der Waals surface area contributed by atoms with Gasteiger partial charge in [0.2, 0.25) is 17.8 Å². The fourth-order valence-corrected chi connectivity index (χ4v) is 5.70. The van der Waals surface area contributed by atoms with Crippen molar-refractivity contribution in [3.8, 4) is 17.1 Å². The van der Waals surface area contributed by atoms with Crippen LogP contribution in [-0.2, 0) is 6.54 Å². The summed E-state index contributed by atoms with van der Waals surface area (Å²) in [6.45, 7) is 11.0. The molecule has 212 valence electrons. The summed E-state index contributed by atoms with van der Waals surface area (Å²) in [6.07, 6.45) is 2.14. The number of pyridine rings is 1. The average molecular weight is 572 g/mol. The van der Waals surface area contributed by atoms with E-state index in [0.29, 0.717) is 23.8 Å². The van der Waals surface area contributed by atoms with Gasteiger partial charge in [0.05, 0.1) is 11.7 Å². The number of rotatable bonds is 4. The van der Waals surface area contributed by atoms with E-state index in [9.17, 15) is 9.18 Å². The number of amides is 1. The van der Waals surface area contributed by atoms with E-state index in [0.717, 1.165) is 32.8 Å². The van der Waals surface area contributed by atoms with Crippen LogP contribution in [0, 0.1) is 25.2 Å². The summed E-state index contributed by atoms with van der Waals surface area (Å²) in [6, 6.07) is 18.2. The van der Waals surface area contributed by atoms with Crippen molar-refractivity contribution in [1.82, 2.24) is 19.9 Å². The smallest absolute Gasteiger partial charge is 0.254 e. The second kappa shape index (κ2) is 11.9. The van der Waals surface area contributed by atoms with Gasteiger partial charge in [-0.2, -0.15) is 9.37 Å². The number of hydrogen-bond donors (Lipinski definition) is 1. The lowest BCUT2D eigenvalue weighted by molar-refractivity contribution is 0.0512. The fraction of sp³-hybridized carbons (Fsp3) is 0.312. The van der Waals surface area contributed by atoms with E-state index in [1.165, 1.54) is 24.2 Å². The summed E-state index contributed by atoms with van der Waals surface area (Å²) in [5, 5.41) is 0. The lowest BCUT2D eigenvalue weighted by atomic mass is 9.87. The van der Waals surface area contributed by atoms with Crippen LogP contribution in [0.25, 0.3) is 11.3 Å². The minimum atomic E-state index is -0.559. The van der Waals surface area contributed by atoms with Gasteiger partial charge in [-0.05, 0) is 78.6 Å². The molecule has 0 fully saturated rings. The van der Waals surface area contributed by atoms with Gasteiger partial charge >= 0.3 is 0 Å². The normalized spacial score (nSPS) is 15.7. The molecule has 0 spiro atoms. The van der Waals surface area contributed by atoms with Crippen molar-refractivity contribution in [2.75, 3.05) is 11.3 Å². The number of ether oxygens (including phenoxy) is 1. The van der Waals surface area contributed by atoms with Crippen molar-refractivity contribution in [2.24, 2.45) is 5.41 Å². The van der Waals surface area contributed by atoms with Crippen molar-refractivity contribution < 1.29 is 13.9 Å². The number of nitrogens with one attached hydrogen (secondary N) is 1. The Bertz CT molecular complexity index is 1530. The van der Waals surface area contributed by atoms with Gasteiger partial charge < -0.3 is 9.64 Å². The van der Waals surface area contributed by atoms with Crippen LogP contribution in [0.2, 0.25) is 0 Å². The van der Waals surface area contributed by atoms with Gasteiger partial charge in [-0.15, -0.1) is 0 Å². The second-order valence-electron chi connectivity index (χ2n) is 11.6. The Balaban J connectivity index is 1.60. The zero-order chi connectivity index (χ0) is 29.1. The molecule has 0 saturated heterocycles. The number of benzene rings is 2. The summed E-state index contributed by atoms with van der Waals surface area (Å²) in [5.41, 5.74) is 5.18. The minimum absolute atomic E-state index is 0.110. The molecule has 4 aromatic rings. The maximum absolute atomic E-state index is 14.1. The number of anilines is 1. The summed E-state index contributed by atoms with van der Waals surface area (Å²) in [7, 11) is 0. The van der Waals surface area contributed by atoms with Crippen molar-refractivity contribution >= 4 is 23.8 Å². The molecule has 5 rings (SSSR count). The number of hydrogen-bond acceptors (Lipinski definition) is 7. The quantitative estimate of drug-likeness (QED) is 0.204. The molecule has 9 heteroatoms. The predicted molar refractivity (Wildman–Crippen MR) is 160 cm³/mol. The van der Waals surface area contributed by atoms with Gasteiger partial charge in [0, 0.05) is 34.8 Å². The molecule has 0 aliphatic carbocycles. The average Bonchev–Trinajstić information content (AvgIpc) is 2.93. The van der Waals surface area contributed by atoms with Gasteiger partial charge in [0.1, 0.15) is 6.61 Å². The molecule has 3 heterocycles. The van der Waals surface area contributed by atoms with Crippen LogP contribution in [-0.4, -0.2) is 38.4 Å². The Morgan fingerprint density at radius 2 is 1.80 bits per heavy atom. The molecule has 2 aromatic heterocycles. The number of carbonyl (C=O) groups is 1. The molecule has 2 aromatic carbocycles. The van der Waals surface area contributed by atoms with Crippen molar-refractivity contribution in [3.05, 3.63) is 95.1 Å². The first-order chi connectivity index (χ1) is 19.6. The van der Waals surface area contributed by atoms with Crippen molar-refractivity contribution in [3.63, 3.8) is 0 Å². The molecule has 1 aliphatic heterocycles. The molecule has 0 saturated carbocycles. The van der Waals surface area contributed by atoms with E-state index in [2.05, 4.69) is 61.4 Å². The standard InChI is InChI=1S/C32H34FN5O2S/c1-20-8-6-9-21(2)29(20)26-15-28-36-31(35-26)37-41-25-11-7-10-23(14-25)30(39)38(18-22-12-13-27(33)34-17-22)24(19-40-28)16-32(3,4)5/h6-15,17,24H,16,18-19H2,1-5H3,(H,35,36,37)/t24-/m1/s1. The Labute approximate surface area is 244 Å². The lowest BCUT2D eigenvalue weighted by Crippen LogP contribution is -2.45. The zero-order valence-electron chi connectivity index (χ0n) is 23.9. The summed E-state index contributed by atoms with van der Waals surface area (Å²) in [5.74, 6) is 0.142. The van der Waals surface area contributed by atoms with E-state index in [4.69, 9.17) is 9.72 Å². The van der Waals surface area contributed by atoms with Crippen molar-refractivity contribution in [1.29, 1.82) is 0 Å². The maximum Gasteiger partial charge on any atom is 0.254 e. The molecule has 1 amide bonds.